The molecule has 2 fully saturated rings. The minimum absolute atomic E-state index is 0.660. The molecule has 0 radical (unpaired) electrons. The van der Waals surface area contributed by atoms with E-state index in [1.807, 2.05) is 27.7 Å². The van der Waals surface area contributed by atoms with Crippen LogP contribution in [0.5, 0.6) is 0 Å². The minimum atomic E-state index is 0.660. The first-order valence-electron chi connectivity index (χ1n) is 6.70. The van der Waals surface area contributed by atoms with E-state index in [0.29, 0.717) is 5.41 Å². The van der Waals surface area contributed by atoms with Crippen LogP contribution in [0.1, 0.15) is 47.0 Å². The summed E-state index contributed by atoms with van der Waals surface area (Å²) in [5, 5.41) is 3.48. The summed E-state index contributed by atoms with van der Waals surface area (Å²) in [5.41, 5.74) is 0.660. The molecule has 2 aliphatic heterocycles. The highest BCUT2D eigenvalue weighted by Crippen LogP contribution is 2.34. The summed E-state index contributed by atoms with van der Waals surface area (Å²) in [6.07, 6.45) is 4.25. The molecule has 15 heavy (non-hydrogen) atoms. The maximum atomic E-state index is 3.48. The lowest BCUT2D eigenvalue weighted by Crippen LogP contribution is -2.42. The van der Waals surface area contributed by atoms with Gasteiger partial charge in [0.15, 0.2) is 0 Å². The Kier molecular flexibility index (Phi) is 8.07. The SMILES string of the molecule is CC.CC.CN1CCCC2(CCNC2)C1. The normalized spacial score (nSPS) is 30.2. The molecule has 0 saturated carbocycles. The van der Waals surface area contributed by atoms with Crippen LogP contribution in [0.25, 0.3) is 0 Å². The average molecular weight is 214 g/mol. The van der Waals surface area contributed by atoms with Crippen LogP contribution in [-0.2, 0) is 0 Å². The van der Waals surface area contributed by atoms with Crippen molar-refractivity contribution in [2.24, 2.45) is 5.41 Å². The van der Waals surface area contributed by atoms with Crippen LogP contribution in [-0.4, -0.2) is 38.1 Å². The molecule has 1 atom stereocenters. The fourth-order valence-corrected chi connectivity index (χ4v) is 2.60. The third kappa shape index (κ3) is 4.52. The molecule has 2 aliphatic rings. The van der Waals surface area contributed by atoms with E-state index < -0.39 is 0 Å². The Labute approximate surface area is 96.4 Å². The summed E-state index contributed by atoms with van der Waals surface area (Å²) in [4.78, 5) is 2.48. The summed E-state index contributed by atoms with van der Waals surface area (Å²) in [6, 6.07) is 0. The molecule has 0 bridgehead atoms. The Bertz CT molecular complexity index is 139. The molecule has 0 aromatic carbocycles. The zero-order valence-electron chi connectivity index (χ0n) is 11.4. The van der Waals surface area contributed by atoms with Crippen molar-refractivity contribution >= 4 is 0 Å². The Morgan fingerprint density at radius 2 is 1.73 bits per heavy atom. The van der Waals surface area contributed by atoms with Gasteiger partial charge >= 0.3 is 0 Å². The van der Waals surface area contributed by atoms with Crippen molar-refractivity contribution in [1.82, 2.24) is 10.2 Å². The summed E-state index contributed by atoms with van der Waals surface area (Å²) >= 11 is 0. The molecule has 1 unspecified atom stereocenters. The average Bonchev–Trinajstić information content (AvgIpc) is 2.72. The van der Waals surface area contributed by atoms with Crippen LogP contribution in [0.3, 0.4) is 0 Å². The van der Waals surface area contributed by atoms with E-state index in [-0.39, 0.29) is 0 Å². The molecule has 2 saturated heterocycles. The van der Waals surface area contributed by atoms with Crippen molar-refractivity contribution in [2.45, 2.75) is 47.0 Å². The highest BCUT2D eigenvalue weighted by Gasteiger charge is 2.36. The third-order valence-electron chi connectivity index (χ3n) is 3.18. The molecule has 2 heterocycles. The largest absolute Gasteiger partial charge is 0.316 e. The molecule has 0 aromatic rings. The van der Waals surface area contributed by atoms with Gasteiger partial charge in [0, 0.05) is 13.1 Å². The van der Waals surface area contributed by atoms with Crippen LogP contribution in [0.2, 0.25) is 0 Å². The highest BCUT2D eigenvalue weighted by atomic mass is 15.1. The van der Waals surface area contributed by atoms with Gasteiger partial charge in [-0.2, -0.15) is 0 Å². The molecule has 1 N–H and O–H groups in total. The monoisotopic (exact) mass is 214 g/mol. The minimum Gasteiger partial charge on any atom is -0.316 e. The fraction of sp³-hybridized carbons (Fsp3) is 1.00. The molecule has 92 valence electrons. The van der Waals surface area contributed by atoms with Gasteiger partial charge in [-0.1, -0.05) is 27.7 Å². The lowest BCUT2D eigenvalue weighted by molar-refractivity contribution is 0.126. The number of nitrogens with one attached hydrogen (secondary N) is 1. The smallest absolute Gasteiger partial charge is 0.00476 e. The van der Waals surface area contributed by atoms with Crippen molar-refractivity contribution in [1.29, 1.82) is 0 Å². The number of likely N-dealkylation sites (tertiary alicyclic amines) is 1. The van der Waals surface area contributed by atoms with E-state index >= 15 is 0 Å². The summed E-state index contributed by atoms with van der Waals surface area (Å²) in [5.74, 6) is 0. The number of nitrogens with zero attached hydrogens (tertiary/aromatic N) is 1. The maximum absolute atomic E-state index is 3.48. The van der Waals surface area contributed by atoms with E-state index in [1.54, 1.807) is 0 Å². The van der Waals surface area contributed by atoms with Crippen LogP contribution in [0.4, 0.5) is 0 Å². The summed E-state index contributed by atoms with van der Waals surface area (Å²) in [6.45, 7) is 13.1. The quantitative estimate of drug-likeness (QED) is 0.667. The second-order valence-corrected chi connectivity index (χ2v) is 4.27. The maximum Gasteiger partial charge on any atom is 0.00476 e. The molecule has 0 aromatic heterocycles. The summed E-state index contributed by atoms with van der Waals surface area (Å²) < 4.78 is 0. The van der Waals surface area contributed by atoms with Crippen molar-refractivity contribution in [3.8, 4) is 0 Å². The van der Waals surface area contributed by atoms with Crippen molar-refractivity contribution in [3.05, 3.63) is 0 Å². The van der Waals surface area contributed by atoms with Gasteiger partial charge in [0.05, 0.1) is 0 Å². The Morgan fingerprint density at radius 3 is 2.20 bits per heavy atom. The number of piperidine rings is 1. The van der Waals surface area contributed by atoms with Gasteiger partial charge in [0.25, 0.3) is 0 Å². The van der Waals surface area contributed by atoms with Crippen LogP contribution >= 0.6 is 0 Å². The van der Waals surface area contributed by atoms with Crippen LogP contribution in [0.15, 0.2) is 0 Å². The van der Waals surface area contributed by atoms with E-state index in [4.69, 9.17) is 0 Å². The van der Waals surface area contributed by atoms with E-state index in [1.165, 1.54) is 45.4 Å². The number of hydrogen-bond donors (Lipinski definition) is 1. The van der Waals surface area contributed by atoms with Gasteiger partial charge in [-0.05, 0) is 44.8 Å². The second kappa shape index (κ2) is 8.12. The van der Waals surface area contributed by atoms with Gasteiger partial charge in [0.2, 0.25) is 0 Å². The van der Waals surface area contributed by atoms with Gasteiger partial charge in [0.1, 0.15) is 0 Å². The first-order chi connectivity index (χ1) is 7.31. The van der Waals surface area contributed by atoms with Gasteiger partial charge < -0.3 is 10.2 Å². The number of rotatable bonds is 0. The Morgan fingerprint density at radius 1 is 1.07 bits per heavy atom. The predicted octanol–water partition coefficient (Wildman–Crippen LogP) is 2.74. The topological polar surface area (TPSA) is 15.3 Å². The Balaban J connectivity index is 0.000000442. The molecule has 2 heteroatoms. The number of hydrogen-bond acceptors (Lipinski definition) is 2. The zero-order valence-corrected chi connectivity index (χ0v) is 11.4. The van der Waals surface area contributed by atoms with E-state index in [2.05, 4.69) is 17.3 Å². The first kappa shape index (κ1) is 14.9. The molecule has 2 rings (SSSR count). The molecule has 2 nitrogen and oxygen atoms in total. The highest BCUT2D eigenvalue weighted by molar-refractivity contribution is 4.92. The fourth-order valence-electron chi connectivity index (χ4n) is 2.60. The lowest BCUT2D eigenvalue weighted by Gasteiger charge is -2.38. The Hall–Kier alpha value is -0.0800. The van der Waals surface area contributed by atoms with Crippen molar-refractivity contribution in [2.75, 3.05) is 33.2 Å². The van der Waals surface area contributed by atoms with Gasteiger partial charge in [-0.25, -0.2) is 0 Å². The standard InChI is InChI=1S/C9H18N2.2C2H6/c1-11-6-2-3-9(8-11)4-5-10-7-9;2*1-2/h10H,2-8H2,1H3;2*1-2H3. The van der Waals surface area contributed by atoms with Crippen molar-refractivity contribution in [3.63, 3.8) is 0 Å². The summed E-state index contributed by atoms with van der Waals surface area (Å²) in [7, 11) is 2.25. The molecule has 1 spiro atoms. The van der Waals surface area contributed by atoms with Crippen molar-refractivity contribution < 1.29 is 0 Å². The van der Waals surface area contributed by atoms with E-state index in [0.717, 1.165) is 0 Å². The van der Waals surface area contributed by atoms with Crippen LogP contribution < -0.4 is 5.32 Å². The van der Waals surface area contributed by atoms with E-state index in [9.17, 15) is 0 Å². The van der Waals surface area contributed by atoms with Gasteiger partial charge in [-0.3, -0.25) is 0 Å². The van der Waals surface area contributed by atoms with Gasteiger partial charge in [-0.15, -0.1) is 0 Å². The molecule has 0 aliphatic carbocycles. The second-order valence-electron chi connectivity index (χ2n) is 4.27. The molecular weight excluding hydrogens is 184 g/mol. The third-order valence-corrected chi connectivity index (χ3v) is 3.18. The van der Waals surface area contributed by atoms with Crippen LogP contribution in [0, 0.1) is 5.41 Å². The zero-order chi connectivity index (χ0) is 11.7. The molecular formula is C13H30N2. The predicted molar refractivity (Wildman–Crippen MR) is 69.3 cm³/mol. The lowest BCUT2D eigenvalue weighted by atomic mass is 9.79. The first-order valence-corrected chi connectivity index (χ1v) is 6.70. The molecule has 0 amide bonds.